The second-order valence-corrected chi connectivity index (χ2v) is 11.8. The van der Waals surface area contributed by atoms with Crippen molar-refractivity contribution in [3.8, 4) is 0 Å². The first-order chi connectivity index (χ1) is 18.6. The van der Waals surface area contributed by atoms with Gasteiger partial charge in [-0.05, 0) is 60.7 Å². The van der Waals surface area contributed by atoms with Gasteiger partial charge in [0.2, 0.25) is 11.8 Å². The third-order valence-corrected chi connectivity index (χ3v) is 8.65. The molecule has 39 heavy (non-hydrogen) atoms. The van der Waals surface area contributed by atoms with E-state index >= 15 is 0 Å². The predicted octanol–water partition coefficient (Wildman–Crippen LogP) is 5.60. The molecule has 7 nitrogen and oxygen atoms in total. The summed E-state index contributed by atoms with van der Waals surface area (Å²) in [7, 11) is -4.10. The first-order valence-electron chi connectivity index (χ1n) is 13.1. The predicted molar refractivity (Wildman–Crippen MR) is 156 cm³/mol. The number of halogens is 1. The Morgan fingerprint density at radius 1 is 0.897 bits per heavy atom. The van der Waals surface area contributed by atoms with Gasteiger partial charge in [-0.3, -0.25) is 13.9 Å². The van der Waals surface area contributed by atoms with E-state index < -0.39 is 28.5 Å². The molecule has 9 heteroatoms. The molecule has 0 aliphatic rings. The zero-order valence-electron chi connectivity index (χ0n) is 22.8. The summed E-state index contributed by atoms with van der Waals surface area (Å²) < 4.78 is 28.8. The SMILES string of the molecule is CCNC(=O)[C@H](CC)N(Cc1ccccc1Cl)C(=O)CN(c1ccc(C(C)C)cc1)S(=O)(=O)c1ccccc1. The van der Waals surface area contributed by atoms with E-state index in [1.807, 2.05) is 19.1 Å². The molecule has 1 atom stereocenters. The standard InChI is InChI=1S/C30H36ClN3O4S/c1-5-28(30(36)32-6-2)33(20-24-12-10-11-15-27(24)31)29(35)21-34(25-18-16-23(17-19-25)22(3)4)39(37,38)26-13-8-7-9-14-26/h7-19,22,28H,5-6,20-21H2,1-4H3,(H,32,36)/t28-/m0/s1. The van der Waals surface area contributed by atoms with E-state index in [-0.39, 0.29) is 23.3 Å². The van der Waals surface area contributed by atoms with Crippen molar-refractivity contribution in [3.05, 3.63) is 95.0 Å². The van der Waals surface area contributed by atoms with E-state index in [1.165, 1.54) is 17.0 Å². The highest BCUT2D eigenvalue weighted by Crippen LogP contribution is 2.27. The summed E-state index contributed by atoms with van der Waals surface area (Å²) in [5.74, 6) is -0.562. The average Bonchev–Trinajstić information content (AvgIpc) is 2.93. The number of hydrogen-bond acceptors (Lipinski definition) is 4. The number of carbonyl (C=O) groups is 2. The number of sulfonamides is 1. The number of nitrogens with zero attached hydrogens (tertiary/aromatic N) is 2. The fourth-order valence-electron chi connectivity index (χ4n) is 4.30. The molecule has 3 aromatic rings. The second kappa shape index (κ2) is 13.6. The van der Waals surface area contributed by atoms with Crippen molar-refractivity contribution in [1.82, 2.24) is 10.2 Å². The van der Waals surface area contributed by atoms with Crippen LogP contribution in [0.15, 0.2) is 83.8 Å². The van der Waals surface area contributed by atoms with Gasteiger partial charge in [0.15, 0.2) is 0 Å². The minimum absolute atomic E-state index is 0.0552. The van der Waals surface area contributed by atoms with E-state index in [9.17, 15) is 18.0 Å². The van der Waals surface area contributed by atoms with Crippen LogP contribution in [0.1, 0.15) is 51.2 Å². The van der Waals surface area contributed by atoms with Crippen LogP contribution in [0.25, 0.3) is 0 Å². The first kappa shape index (κ1) is 30.2. The summed E-state index contributed by atoms with van der Waals surface area (Å²) in [6, 6.07) is 21.5. The lowest BCUT2D eigenvalue weighted by molar-refractivity contribution is -0.140. The van der Waals surface area contributed by atoms with Crippen molar-refractivity contribution in [1.29, 1.82) is 0 Å². The number of anilines is 1. The normalized spacial score (nSPS) is 12.2. The highest BCUT2D eigenvalue weighted by Gasteiger charge is 2.33. The van der Waals surface area contributed by atoms with E-state index in [0.717, 1.165) is 9.87 Å². The molecule has 3 aromatic carbocycles. The molecule has 0 aromatic heterocycles. The summed E-state index contributed by atoms with van der Waals surface area (Å²) in [4.78, 5) is 28.5. The van der Waals surface area contributed by atoms with Crippen LogP contribution in [-0.2, 0) is 26.2 Å². The summed E-state index contributed by atoms with van der Waals surface area (Å²) in [6.07, 6.45) is 0.344. The quantitative estimate of drug-likeness (QED) is 0.307. The summed E-state index contributed by atoms with van der Waals surface area (Å²) >= 11 is 6.41. The van der Waals surface area contributed by atoms with E-state index in [1.54, 1.807) is 61.5 Å². The Kier molecular flexibility index (Phi) is 10.5. The van der Waals surface area contributed by atoms with Crippen molar-refractivity contribution < 1.29 is 18.0 Å². The number of hydrogen-bond donors (Lipinski definition) is 1. The highest BCUT2D eigenvalue weighted by molar-refractivity contribution is 7.92. The lowest BCUT2D eigenvalue weighted by Gasteiger charge is -2.33. The maximum Gasteiger partial charge on any atom is 0.264 e. The molecule has 0 aliphatic carbocycles. The van der Waals surface area contributed by atoms with Gasteiger partial charge in [0.05, 0.1) is 10.6 Å². The number of amides is 2. The van der Waals surface area contributed by atoms with Gasteiger partial charge < -0.3 is 10.2 Å². The minimum Gasteiger partial charge on any atom is -0.355 e. The number of likely N-dealkylation sites (N-methyl/N-ethyl adjacent to an activating group) is 1. The smallest absolute Gasteiger partial charge is 0.264 e. The molecule has 0 saturated heterocycles. The van der Waals surface area contributed by atoms with Crippen molar-refractivity contribution in [2.45, 2.75) is 57.5 Å². The van der Waals surface area contributed by atoms with Gasteiger partial charge in [-0.1, -0.05) is 80.9 Å². The molecule has 0 unspecified atom stereocenters. The molecular formula is C30H36ClN3O4S. The number of benzene rings is 3. The molecule has 0 radical (unpaired) electrons. The van der Waals surface area contributed by atoms with Crippen molar-refractivity contribution >= 4 is 39.1 Å². The topological polar surface area (TPSA) is 86.8 Å². The Hall–Kier alpha value is -3.36. The van der Waals surface area contributed by atoms with E-state index in [2.05, 4.69) is 19.2 Å². The maximum absolute atomic E-state index is 14.0. The largest absolute Gasteiger partial charge is 0.355 e. The Balaban J connectivity index is 2.07. The van der Waals surface area contributed by atoms with Gasteiger partial charge in [0.1, 0.15) is 12.6 Å². The van der Waals surface area contributed by atoms with Gasteiger partial charge >= 0.3 is 0 Å². The number of nitrogens with one attached hydrogen (secondary N) is 1. The van der Waals surface area contributed by atoms with Crippen LogP contribution in [0, 0.1) is 0 Å². The van der Waals surface area contributed by atoms with Gasteiger partial charge in [-0.15, -0.1) is 0 Å². The second-order valence-electron chi connectivity index (χ2n) is 9.50. The average molecular weight is 570 g/mol. The van der Waals surface area contributed by atoms with Crippen LogP contribution in [0.2, 0.25) is 5.02 Å². The molecule has 0 aliphatic heterocycles. The molecule has 0 saturated carbocycles. The molecule has 0 fully saturated rings. The highest BCUT2D eigenvalue weighted by atomic mass is 35.5. The Bertz CT molecular complexity index is 1360. The fourth-order valence-corrected chi connectivity index (χ4v) is 5.93. The fraction of sp³-hybridized carbons (Fsp3) is 0.333. The van der Waals surface area contributed by atoms with Gasteiger partial charge in [-0.2, -0.15) is 0 Å². The van der Waals surface area contributed by atoms with Crippen LogP contribution in [0.5, 0.6) is 0 Å². The zero-order chi connectivity index (χ0) is 28.6. The minimum atomic E-state index is -4.10. The molecule has 0 bridgehead atoms. The number of carbonyl (C=O) groups excluding carboxylic acids is 2. The van der Waals surface area contributed by atoms with Crippen molar-refractivity contribution in [2.75, 3.05) is 17.4 Å². The van der Waals surface area contributed by atoms with Crippen LogP contribution in [-0.4, -0.2) is 44.3 Å². The Labute approximate surface area is 236 Å². The van der Waals surface area contributed by atoms with Crippen molar-refractivity contribution in [2.24, 2.45) is 0 Å². The van der Waals surface area contributed by atoms with Gasteiger partial charge in [0.25, 0.3) is 10.0 Å². The summed E-state index contributed by atoms with van der Waals surface area (Å²) in [5, 5.41) is 3.25. The lowest BCUT2D eigenvalue weighted by atomic mass is 10.0. The van der Waals surface area contributed by atoms with E-state index in [4.69, 9.17) is 11.6 Å². The first-order valence-corrected chi connectivity index (χ1v) is 14.9. The summed E-state index contributed by atoms with van der Waals surface area (Å²) in [6.45, 7) is 7.69. The third-order valence-electron chi connectivity index (χ3n) is 6.49. The Morgan fingerprint density at radius 2 is 1.51 bits per heavy atom. The van der Waals surface area contributed by atoms with Gasteiger partial charge in [-0.25, -0.2) is 8.42 Å². The number of rotatable bonds is 12. The molecule has 2 amide bonds. The van der Waals surface area contributed by atoms with Crippen LogP contribution in [0.4, 0.5) is 5.69 Å². The van der Waals surface area contributed by atoms with E-state index in [0.29, 0.717) is 29.2 Å². The molecule has 0 spiro atoms. The van der Waals surface area contributed by atoms with Crippen LogP contribution < -0.4 is 9.62 Å². The molecule has 3 rings (SSSR count). The van der Waals surface area contributed by atoms with Gasteiger partial charge in [0, 0.05) is 18.1 Å². The molecule has 0 heterocycles. The van der Waals surface area contributed by atoms with Crippen LogP contribution in [0.3, 0.4) is 0 Å². The zero-order valence-corrected chi connectivity index (χ0v) is 24.4. The molecular weight excluding hydrogens is 534 g/mol. The lowest BCUT2D eigenvalue weighted by Crippen LogP contribution is -2.52. The molecule has 208 valence electrons. The van der Waals surface area contributed by atoms with Crippen molar-refractivity contribution in [3.63, 3.8) is 0 Å². The third kappa shape index (κ3) is 7.40. The monoisotopic (exact) mass is 569 g/mol. The summed E-state index contributed by atoms with van der Waals surface area (Å²) in [5.41, 5.74) is 2.07. The Morgan fingerprint density at radius 3 is 2.08 bits per heavy atom. The maximum atomic E-state index is 14.0. The molecule has 1 N–H and O–H groups in total. The van der Waals surface area contributed by atoms with Crippen LogP contribution >= 0.6 is 11.6 Å².